The number of oxime groups is 1. The van der Waals surface area contributed by atoms with Crippen molar-refractivity contribution in [1.82, 2.24) is 0 Å². The van der Waals surface area contributed by atoms with Crippen molar-refractivity contribution in [3.05, 3.63) is 94.5 Å². The van der Waals surface area contributed by atoms with Gasteiger partial charge in [0.05, 0.1) is 24.3 Å². The second-order valence-corrected chi connectivity index (χ2v) is 7.72. The number of benzene rings is 3. The lowest BCUT2D eigenvalue weighted by Gasteiger charge is -2.35. The van der Waals surface area contributed by atoms with Crippen LogP contribution in [0.5, 0.6) is 11.5 Å². The standard InChI is InChI=1S/C24H18ClNO4/c1-28-18-12-8-15(9-13-18)21-22(16-6-10-17(25)11-7-16)26-30-24(21)14-29-20-5-3-2-4-19(20)23(24)27/h2-13,21H,14H2,1H3. The molecule has 3 aromatic rings. The molecule has 30 heavy (non-hydrogen) atoms. The van der Waals surface area contributed by atoms with Crippen LogP contribution in [0.1, 0.15) is 27.4 Å². The zero-order valence-electron chi connectivity index (χ0n) is 16.2. The summed E-state index contributed by atoms with van der Waals surface area (Å²) in [7, 11) is 1.62. The molecule has 0 amide bonds. The van der Waals surface area contributed by atoms with E-state index < -0.39 is 11.5 Å². The quantitative estimate of drug-likeness (QED) is 0.607. The van der Waals surface area contributed by atoms with Gasteiger partial charge in [0.1, 0.15) is 18.1 Å². The van der Waals surface area contributed by atoms with Crippen molar-refractivity contribution in [1.29, 1.82) is 0 Å². The molecule has 0 aromatic heterocycles. The van der Waals surface area contributed by atoms with E-state index in [9.17, 15) is 4.79 Å². The first-order valence-corrected chi connectivity index (χ1v) is 9.93. The summed E-state index contributed by atoms with van der Waals surface area (Å²) in [5.41, 5.74) is 1.60. The van der Waals surface area contributed by atoms with Gasteiger partial charge in [0.15, 0.2) is 0 Å². The number of Topliss-reactive ketones (excluding diaryl/α,β-unsaturated/α-hetero) is 1. The number of methoxy groups -OCH3 is 1. The van der Waals surface area contributed by atoms with Crippen molar-refractivity contribution >= 4 is 23.1 Å². The highest BCUT2D eigenvalue weighted by molar-refractivity contribution is 6.30. The van der Waals surface area contributed by atoms with Gasteiger partial charge in [-0.15, -0.1) is 0 Å². The lowest BCUT2D eigenvalue weighted by Crippen LogP contribution is -2.52. The number of para-hydroxylation sites is 1. The summed E-state index contributed by atoms with van der Waals surface area (Å²) in [4.78, 5) is 19.6. The first kappa shape index (κ1) is 18.7. The second kappa shape index (κ2) is 7.18. The first-order valence-electron chi connectivity index (χ1n) is 9.55. The zero-order valence-corrected chi connectivity index (χ0v) is 16.9. The Morgan fingerprint density at radius 1 is 1.03 bits per heavy atom. The number of hydrogen-bond donors (Lipinski definition) is 0. The van der Waals surface area contributed by atoms with Gasteiger partial charge in [-0.25, -0.2) is 0 Å². The molecule has 5 nitrogen and oxygen atoms in total. The normalized spacial score (nSPS) is 22.1. The van der Waals surface area contributed by atoms with E-state index >= 15 is 0 Å². The van der Waals surface area contributed by atoms with Crippen LogP contribution in [0.2, 0.25) is 5.02 Å². The van der Waals surface area contributed by atoms with Gasteiger partial charge in [0.2, 0.25) is 11.4 Å². The van der Waals surface area contributed by atoms with Gasteiger partial charge in [0, 0.05) is 10.6 Å². The predicted molar refractivity (Wildman–Crippen MR) is 114 cm³/mol. The minimum absolute atomic E-state index is 0.0696. The summed E-state index contributed by atoms with van der Waals surface area (Å²) >= 11 is 6.07. The number of nitrogens with zero attached hydrogens (tertiary/aromatic N) is 1. The molecular weight excluding hydrogens is 402 g/mol. The lowest BCUT2D eigenvalue weighted by atomic mass is 9.73. The number of fused-ring (bicyclic) bond motifs is 1. The van der Waals surface area contributed by atoms with Crippen LogP contribution in [0.3, 0.4) is 0 Å². The zero-order chi connectivity index (χ0) is 20.7. The molecule has 2 aliphatic heterocycles. The Labute approximate surface area is 178 Å². The monoisotopic (exact) mass is 419 g/mol. The molecule has 2 unspecified atom stereocenters. The molecule has 5 rings (SSSR count). The Morgan fingerprint density at radius 2 is 1.77 bits per heavy atom. The van der Waals surface area contributed by atoms with Crippen molar-refractivity contribution < 1.29 is 19.1 Å². The highest BCUT2D eigenvalue weighted by Gasteiger charge is 2.58. The fourth-order valence-electron chi connectivity index (χ4n) is 4.06. The SMILES string of the molecule is COc1ccc(C2C(c3ccc(Cl)cc3)=NOC23COc2ccccc2C3=O)cc1. The molecule has 2 heterocycles. The number of carbonyl (C=O) groups excluding carboxylic acids is 1. The molecule has 1 spiro atoms. The Morgan fingerprint density at radius 3 is 2.50 bits per heavy atom. The van der Waals surface area contributed by atoms with Crippen molar-refractivity contribution in [2.24, 2.45) is 5.16 Å². The van der Waals surface area contributed by atoms with Crippen LogP contribution in [-0.4, -0.2) is 30.8 Å². The third-order valence-electron chi connectivity index (χ3n) is 5.59. The molecular formula is C24H18ClNO4. The molecule has 0 radical (unpaired) electrons. The third-order valence-corrected chi connectivity index (χ3v) is 5.85. The maximum atomic E-state index is 13.7. The van der Waals surface area contributed by atoms with Gasteiger partial charge >= 0.3 is 0 Å². The number of halogens is 1. The number of ketones is 1. The number of rotatable bonds is 3. The Kier molecular flexibility index (Phi) is 4.48. The fraction of sp³-hybridized carbons (Fsp3) is 0.167. The largest absolute Gasteiger partial charge is 0.497 e. The van der Waals surface area contributed by atoms with E-state index in [1.165, 1.54) is 0 Å². The van der Waals surface area contributed by atoms with Crippen LogP contribution in [0.4, 0.5) is 0 Å². The van der Waals surface area contributed by atoms with Crippen LogP contribution >= 0.6 is 11.6 Å². The van der Waals surface area contributed by atoms with Crippen LogP contribution in [0.25, 0.3) is 0 Å². The van der Waals surface area contributed by atoms with Gasteiger partial charge < -0.3 is 14.3 Å². The predicted octanol–water partition coefficient (Wildman–Crippen LogP) is 4.88. The molecule has 3 aromatic carbocycles. The highest BCUT2D eigenvalue weighted by atomic mass is 35.5. The summed E-state index contributed by atoms with van der Waals surface area (Å²) in [5, 5.41) is 5.00. The van der Waals surface area contributed by atoms with Crippen LogP contribution < -0.4 is 9.47 Å². The summed E-state index contributed by atoms with van der Waals surface area (Å²) < 4.78 is 11.3. The van der Waals surface area contributed by atoms with Crippen molar-refractivity contribution in [2.75, 3.05) is 13.7 Å². The topological polar surface area (TPSA) is 57.1 Å². The summed E-state index contributed by atoms with van der Waals surface area (Å²) in [6.45, 7) is 0.0696. The maximum Gasteiger partial charge on any atom is 0.245 e. The molecule has 0 N–H and O–H groups in total. The van der Waals surface area contributed by atoms with Crippen LogP contribution in [0, 0.1) is 0 Å². The third kappa shape index (κ3) is 2.85. The van der Waals surface area contributed by atoms with Crippen LogP contribution in [-0.2, 0) is 4.84 Å². The molecule has 0 saturated heterocycles. The first-order chi connectivity index (χ1) is 14.6. The van der Waals surface area contributed by atoms with Crippen molar-refractivity contribution in [2.45, 2.75) is 11.5 Å². The average molecular weight is 420 g/mol. The van der Waals surface area contributed by atoms with E-state index in [2.05, 4.69) is 5.16 Å². The van der Waals surface area contributed by atoms with E-state index in [1.54, 1.807) is 31.4 Å². The van der Waals surface area contributed by atoms with E-state index in [4.69, 9.17) is 25.9 Å². The lowest BCUT2D eigenvalue weighted by molar-refractivity contribution is -0.0431. The number of hydrogen-bond acceptors (Lipinski definition) is 5. The van der Waals surface area contributed by atoms with E-state index in [1.807, 2.05) is 48.5 Å². The molecule has 0 bridgehead atoms. The summed E-state index contributed by atoms with van der Waals surface area (Å²) in [6.07, 6.45) is 0. The van der Waals surface area contributed by atoms with Gasteiger partial charge in [-0.2, -0.15) is 0 Å². The fourth-order valence-corrected chi connectivity index (χ4v) is 4.19. The van der Waals surface area contributed by atoms with Gasteiger partial charge in [-0.1, -0.05) is 53.2 Å². The van der Waals surface area contributed by atoms with Gasteiger partial charge in [-0.3, -0.25) is 4.79 Å². The van der Waals surface area contributed by atoms with Crippen molar-refractivity contribution in [3.63, 3.8) is 0 Å². The molecule has 6 heteroatoms. The molecule has 2 atom stereocenters. The highest BCUT2D eigenvalue weighted by Crippen LogP contribution is 2.46. The second-order valence-electron chi connectivity index (χ2n) is 7.28. The van der Waals surface area contributed by atoms with E-state index in [-0.39, 0.29) is 12.4 Å². The van der Waals surface area contributed by atoms with Gasteiger partial charge in [0.25, 0.3) is 0 Å². The Balaban J connectivity index is 1.64. The molecule has 2 aliphatic rings. The maximum absolute atomic E-state index is 13.7. The number of carbonyl (C=O) groups is 1. The van der Waals surface area contributed by atoms with Gasteiger partial charge in [-0.05, 0) is 42.0 Å². The summed E-state index contributed by atoms with van der Waals surface area (Å²) in [6, 6.07) is 22.1. The van der Waals surface area contributed by atoms with Crippen LogP contribution in [0.15, 0.2) is 78.0 Å². The minimum atomic E-state index is -1.28. The minimum Gasteiger partial charge on any atom is -0.497 e. The van der Waals surface area contributed by atoms with Crippen molar-refractivity contribution in [3.8, 4) is 11.5 Å². The molecule has 0 saturated carbocycles. The molecule has 150 valence electrons. The van der Waals surface area contributed by atoms with E-state index in [0.29, 0.717) is 22.0 Å². The number of ether oxygens (including phenoxy) is 2. The average Bonchev–Trinajstić information content (AvgIpc) is 3.17. The molecule has 0 fully saturated rings. The smallest absolute Gasteiger partial charge is 0.245 e. The summed E-state index contributed by atoms with van der Waals surface area (Å²) in [5.74, 6) is 0.696. The molecule has 0 aliphatic carbocycles. The Bertz CT molecular complexity index is 1140. The Hall–Kier alpha value is -3.31. The van der Waals surface area contributed by atoms with E-state index in [0.717, 1.165) is 16.9 Å².